The van der Waals surface area contributed by atoms with Gasteiger partial charge in [-0.3, -0.25) is 10.1 Å². The van der Waals surface area contributed by atoms with Gasteiger partial charge in [-0.25, -0.2) is 0 Å². The molecule has 3 rings (SSSR count). The van der Waals surface area contributed by atoms with Gasteiger partial charge in [0.25, 0.3) is 11.6 Å². The van der Waals surface area contributed by atoms with E-state index < -0.39 is 4.92 Å². The van der Waals surface area contributed by atoms with Gasteiger partial charge in [0.05, 0.1) is 4.92 Å². The Labute approximate surface area is 126 Å². The Balaban J connectivity index is 1.98. The van der Waals surface area contributed by atoms with Crippen molar-refractivity contribution >= 4 is 5.69 Å². The summed E-state index contributed by atoms with van der Waals surface area (Å²) in [6.07, 6.45) is 0. The third-order valence-electron chi connectivity index (χ3n) is 3.50. The van der Waals surface area contributed by atoms with E-state index in [1.165, 1.54) is 17.7 Å². The minimum atomic E-state index is -0.451. The van der Waals surface area contributed by atoms with Crippen LogP contribution in [0.5, 0.6) is 0 Å². The second-order valence-electron chi connectivity index (χ2n) is 5.03. The molecule has 1 aromatic heterocycles. The van der Waals surface area contributed by atoms with Gasteiger partial charge >= 0.3 is 0 Å². The summed E-state index contributed by atoms with van der Waals surface area (Å²) >= 11 is 0. The molecule has 3 aromatic rings. The van der Waals surface area contributed by atoms with E-state index in [-0.39, 0.29) is 5.69 Å². The fourth-order valence-electron chi connectivity index (χ4n) is 2.09. The molecule has 0 atom stereocenters. The molecule has 0 aliphatic carbocycles. The molecule has 0 aliphatic heterocycles. The fourth-order valence-corrected chi connectivity index (χ4v) is 2.09. The van der Waals surface area contributed by atoms with E-state index in [1.807, 2.05) is 32.0 Å². The normalized spacial score (nSPS) is 10.6. The van der Waals surface area contributed by atoms with Gasteiger partial charge in [-0.05, 0) is 37.1 Å². The molecule has 0 saturated heterocycles. The first-order valence-electron chi connectivity index (χ1n) is 6.71. The number of aryl methyl sites for hydroxylation is 2. The number of nitro benzene ring substituents is 1. The molecule has 6 heteroatoms. The van der Waals surface area contributed by atoms with Crippen LogP contribution in [0.2, 0.25) is 0 Å². The molecule has 0 unspecified atom stereocenters. The Morgan fingerprint density at radius 3 is 2.59 bits per heavy atom. The molecule has 0 bridgehead atoms. The maximum absolute atomic E-state index is 10.8. The number of rotatable bonds is 3. The zero-order valence-electron chi connectivity index (χ0n) is 12.1. The highest BCUT2D eigenvalue weighted by atomic mass is 16.6. The number of non-ortho nitro benzene ring substituents is 1. The lowest BCUT2D eigenvalue weighted by Gasteiger charge is -2.00. The molecule has 110 valence electrons. The molecule has 0 N–H and O–H groups in total. The van der Waals surface area contributed by atoms with Crippen LogP contribution < -0.4 is 0 Å². The first kappa shape index (κ1) is 13.9. The molecule has 0 saturated carbocycles. The highest BCUT2D eigenvalue weighted by molar-refractivity contribution is 5.62. The lowest BCUT2D eigenvalue weighted by molar-refractivity contribution is -0.384. The Morgan fingerprint density at radius 2 is 1.86 bits per heavy atom. The van der Waals surface area contributed by atoms with E-state index in [9.17, 15) is 10.1 Å². The highest BCUT2D eigenvalue weighted by Gasteiger charge is 2.14. The molecule has 0 spiro atoms. The number of hydrogen-bond donors (Lipinski definition) is 0. The van der Waals surface area contributed by atoms with Gasteiger partial charge in [-0.15, -0.1) is 0 Å². The number of aromatic nitrogens is 2. The molecule has 0 amide bonds. The maximum Gasteiger partial charge on any atom is 0.270 e. The Kier molecular flexibility index (Phi) is 3.42. The zero-order chi connectivity index (χ0) is 15.7. The zero-order valence-corrected chi connectivity index (χ0v) is 12.1. The van der Waals surface area contributed by atoms with Gasteiger partial charge in [0.15, 0.2) is 0 Å². The monoisotopic (exact) mass is 295 g/mol. The summed E-state index contributed by atoms with van der Waals surface area (Å²) in [6, 6.07) is 12.0. The predicted octanol–water partition coefficient (Wildman–Crippen LogP) is 3.93. The molecular formula is C16H13N3O3. The smallest absolute Gasteiger partial charge is 0.270 e. The van der Waals surface area contributed by atoms with E-state index >= 15 is 0 Å². The number of benzene rings is 2. The Bertz CT molecular complexity index is 855. The fraction of sp³-hybridized carbons (Fsp3) is 0.125. The van der Waals surface area contributed by atoms with Gasteiger partial charge in [0.1, 0.15) is 0 Å². The van der Waals surface area contributed by atoms with E-state index in [0.717, 1.165) is 11.1 Å². The quantitative estimate of drug-likeness (QED) is 0.540. The minimum Gasteiger partial charge on any atom is -0.334 e. The third kappa shape index (κ3) is 2.58. The van der Waals surface area contributed by atoms with Crippen LogP contribution in [-0.4, -0.2) is 15.1 Å². The maximum atomic E-state index is 10.8. The third-order valence-corrected chi connectivity index (χ3v) is 3.50. The van der Waals surface area contributed by atoms with Crippen molar-refractivity contribution in [2.24, 2.45) is 0 Å². The van der Waals surface area contributed by atoms with Crippen molar-refractivity contribution in [3.63, 3.8) is 0 Å². The van der Waals surface area contributed by atoms with Crippen LogP contribution in [-0.2, 0) is 0 Å². The van der Waals surface area contributed by atoms with Crippen molar-refractivity contribution in [1.29, 1.82) is 0 Å². The molecule has 6 nitrogen and oxygen atoms in total. The molecular weight excluding hydrogens is 282 g/mol. The van der Waals surface area contributed by atoms with Gasteiger partial charge < -0.3 is 4.52 Å². The van der Waals surface area contributed by atoms with Crippen molar-refractivity contribution in [3.8, 4) is 22.8 Å². The summed E-state index contributed by atoms with van der Waals surface area (Å²) in [4.78, 5) is 14.7. The van der Waals surface area contributed by atoms with Crippen LogP contribution in [0, 0.1) is 24.0 Å². The molecule has 0 aliphatic rings. The van der Waals surface area contributed by atoms with E-state index in [4.69, 9.17) is 4.52 Å². The minimum absolute atomic E-state index is 0.00460. The Hall–Kier alpha value is -3.02. The second-order valence-corrected chi connectivity index (χ2v) is 5.03. The summed E-state index contributed by atoms with van der Waals surface area (Å²) in [7, 11) is 0. The van der Waals surface area contributed by atoms with E-state index in [2.05, 4.69) is 10.1 Å². The lowest BCUT2D eigenvalue weighted by atomic mass is 10.1. The average molecular weight is 295 g/mol. The first-order valence-corrected chi connectivity index (χ1v) is 6.71. The van der Waals surface area contributed by atoms with Crippen molar-refractivity contribution in [3.05, 3.63) is 63.7 Å². The van der Waals surface area contributed by atoms with Crippen LogP contribution in [0.3, 0.4) is 0 Å². The summed E-state index contributed by atoms with van der Waals surface area (Å²) in [5.41, 5.74) is 3.69. The summed E-state index contributed by atoms with van der Waals surface area (Å²) < 4.78 is 5.27. The second kappa shape index (κ2) is 5.40. The molecule has 0 fully saturated rings. The molecule has 22 heavy (non-hydrogen) atoms. The largest absolute Gasteiger partial charge is 0.334 e. The molecule has 1 heterocycles. The summed E-state index contributed by atoms with van der Waals surface area (Å²) in [5, 5.41) is 14.7. The highest BCUT2D eigenvalue weighted by Crippen LogP contribution is 2.25. The van der Waals surface area contributed by atoms with Crippen LogP contribution in [0.15, 0.2) is 47.0 Å². The van der Waals surface area contributed by atoms with Gasteiger partial charge in [-0.2, -0.15) is 4.98 Å². The van der Waals surface area contributed by atoms with Gasteiger partial charge in [-0.1, -0.05) is 23.4 Å². The summed E-state index contributed by atoms with van der Waals surface area (Å²) in [6.45, 7) is 4.04. The van der Waals surface area contributed by atoms with E-state index in [0.29, 0.717) is 17.3 Å². The topological polar surface area (TPSA) is 82.1 Å². The standard InChI is InChI=1S/C16H13N3O3/c1-10-6-7-13(8-11(10)2)16-17-15(18-22-16)12-4-3-5-14(9-12)19(20)21/h3-9H,1-2H3. The Morgan fingerprint density at radius 1 is 1.05 bits per heavy atom. The first-order chi connectivity index (χ1) is 10.5. The number of nitrogens with zero attached hydrogens (tertiary/aromatic N) is 3. The number of nitro groups is 1. The van der Waals surface area contributed by atoms with Crippen LogP contribution in [0.1, 0.15) is 11.1 Å². The van der Waals surface area contributed by atoms with Crippen LogP contribution >= 0.6 is 0 Å². The van der Waals surface area contributed by atoms with Crippen LogP contribution in [0.4, 0.5) is 5.69 Å². The van der Waals surface area contributed by atoms with Crippen molar-refractivity contribution < 1.29 is 9.45 Å². The van der Waals surface area contributed by atoms with E-state index in [1.54, 1.807) is 12.1 Å². The van der Waals surface area contributed by atoms with Gasteiger partial charge in [0, 0.05) is 23.3 Å². The van der Waals surface area contributed by atoms with Crippen LogP contribution in [0.25, 0.3) is 22.8 Å². The van der Waals surface area contributed by atoms with Gasteiger partial charge in [0.2, 0.25) is 5.82 Å². The molecule has 0 radical (unpaired) electrons. The SMILES string of the molecule is Cc1ccc(-c2nc(-c3cccc([N+](=O)[O-])c3)no2)cc1C. The summed E-state index contributed by atoms with van der Waals surface area (Å²) in [5.74, 6) is 0.724. The number of hydrogen-bond acceptors (Lipinski definition) is 5. The lowest BCUT2D eigenvalue weighted by Crippen LogP contribution is -1.89. The molecule has 2 aromatic carbocycles. The predicted molar refractivity (Wildman–Crippen MR) is 81.3 cm³/mol. The average Bonchev–Trinajstić information content (AvgIpc) is 3.00. The van der Waals surface area contributed by atoms with Crippen molar-refractivity contribution in [2.75, 3.05) is 0 Å². The van der Waals surface area contributed by atoms with Crippen molar-refractivity contribution in [1.82, 2.24) is 10.1 Å². The van der Waals surface area contributed by atoms with Crippen molar-refractivity contribution in [2.45, 2.75) is 13.8 Å².